The highest BCUT2D eigenvalue weighted by molar-refractivity contribution is 4.88. The predicted octanol–water partition coefficient (Wildman–Crippen LogP) is 4.69. The van der Waals surface area contributed by atoms with E-state index in [0.29, 0.717) is 0 Å². The fourth-order valence-corrected chi connectivity index (χ4v) is 1.75. The minimum Gasteiger partial charge on any atom is -0.224 e. The van der Waals surface area contributed by atoms with Crippen molar-refractivity contribution in [1.82, 2.24) is 0 Å². The van der Waals surface area contributed by atoms with Crippen LogP contribution in [0.3, 0.4) is 0 Å². The van der Waals surface area contributed by atoms with Crippen LogP contribution in [0.5, 0.6) is 0 Å². The summed E-state index contributed by atoms with van der Waals surface area (Å²) in [5.41, 5.74) is 0. The van der Waals surface area contributed by atoms with Crippen LogP contribution >= 0.6 is 0 Å². The zero-order chi connectivity index (χ0) is 11.2. The van der Waals surface area contributed by atoms with E-state index in [2.05, 4.69) is 12.8 Å². The van der Waals surface area contributed by atoms with Crippen LogP contribution in [0.4, 0.5) is 0 Å². The van der Waals surface area contributed by atoms with Crippen molar-refractivity contribution in [2.75, 3.05) is 0 Å². The van der Waals surface area contributed by atoms with Gasteiger partial charge in [-0.3, -0.25) is 0 Å². The average Bonchev–Trinajstić information content (AvgIpc) is 2.26. The SMILES string of the molecule is CCCCCCCCCCCCC#C[O]. The van der Waals surface area contributed by atoms with Gasteiger partial charge in [-0.1, -0.05) is 70.6 Å². The Labute approximate surface area is 95.3 Å². The highest BCUT2D eigenvalue weighted by Crippen LogP contribution is 2.10. The summed E-state index contributed by atoms with van der Waals surface area (Å²) >= 11 is 0. The minimum atomic E-state index is 0.792. The van der Waals surface area contributed by atoms with Gasteiger partial charge in [0.05, 0.1) is 0 Å². The summed E-state index contributed by atoms with van der Waals surface area (Å²) in [6.45, 7) is 2.25. The first-order chi connectivity index (χ1) is 7.41. The second-order valence-corrected chi connectivity index (χ2v) is 4.21. The zero-order valence-corrected chi connectivity index (χ0v) is 10.2. The standard InChI is InChI=1S/C14H25O/c1-2-3-4-5-6-7-8-9-10-11-12-13-14-15/h2-12H2,1H3. The second kappa shape index (κ2) is 13.4. The molecular weight excluding hydrogens is 184 g/mol. The normalized spacial score (nSPS) is 9.67. The molecule has 0 aliphatic rings. The molecule has 87 valence electrons. The molecule has 0 aromatic carbocycles. The predicted molar refractivity (Wildman–Crippen MR) is 64.9 cm³/mol. The maximum atomic E-state index is 9.83. The molecular formula is C14H25O. The van der Waals surface area contributed by atoms with Crippen molar-refractivity contribution in [3.63, 3.8) is 0 Å². The van der Waals surface area contributed by atoms with E-state index in [1.54, 1.807) is 6.11 Å². The maximum Gasteiger partial charge on any atom is 0.172 e. The van der Waals surface area contributed by atoms with Gasteiger partial charge in [0.2, 0.25) is 0 Å². The summed E-state index contributed by atoms with van der Waals surface area (Å²) in [5, 5.41) is 9.83. The molecule has 0 atom stereocenters. The third-order valence-electron chi connectivity index (χ3n) is 2.73. The molecule has 1 nitrogen and oxygen atoms in total. The largest absolute Gasteiger partial charge is 0.224 e. The third kappa shape index (κ3) is 13.4. The van der Waals surface area contributed by atoms with E-state index in [1.165, 1.54) is 57.8 Å². The van der Waals surface area contributed by atoms with Crippen molar-refractivity contribution in [2.24, 2.45) is 0 Å². The van der Waals surface area contributed by atoms with Crippen LogP contribution in [0.2, 0.25) is 0 Å². The van der Waals surface area contributed by atoms with Crippen molar-refractivity contribution in [3.05, 3.63) is 0 Å². The molecule has 0 aliphatic carbocycles. The topological polar surface area (TPSA) is 19.9 Å². The molecule has 0 heterocycles. The van der Waals surface area contributed by atoms with E-state index < -0.39 is 0 Å². The summed E-state index contributed by atoms with van der Waals surface area (Å²) < 4.78 is 0. The lowest BCUT2D eigenvalue weighted by molar-refractivity contribution is 0.391. The van der Waals surface area contributed by atoms with Crippen molar-refractivity contribution < 1.29 is 5.11 Å². The second-order valence-electron chi connectivity index (χ2n) is 4.21. The first-order valence-corrected chi connectivity index (χ1v) is 6.51. The Hall–Kier alpha value is -0.640. The molecule has 0 spiro atoms. The molecule has 0 saturated carbocycles. The van der Waals surface area contributed by atoms with Crippen LogP contribution in [0, 0.1) is 12.0 Å². The fourth-order valence-electron chi connectivity index (χ4n) is 1.75. The highest BCUT2D eigenvalue weighted by atomic mass is 16.2. The summed E-state index contributed by atoms with van der Waals surface area (Å²) in [6, 6.07) is 0. The Balaban J connectivity index is 2.88. The van der Waals surface area contributed by atoms with Crippen LogP contribution in [0.25, 0.3) is 0 Å². The molecule has 0 N–H and O–H groups in total. The Morgan fingerprint density at radius 2 is 1.20 bits per heavy atom. The van der Waals surface area contributed by atoms with Crippen LogP contribution in [0.1, 0.15) is 77.6 Å². The third-order valence-corrected chi connectivity index (χ3v) is 2.73. The molecule has 1 heteroatoms. The average molecular weight is 209 g/mol. The summed E-state index contributed by atoms with van der Waals surface area (Å²) in [6.07, 6.45) is 15.8. The summed E-state index contributed by atoms with van der Waals surface area (Å²) in [5.74, 6) is 2.57. The van der Waals surface area contributed by atoms with Crippen molar-refractivity contribution in [2.45, 2.75) is 77.6 Å². The molecule has 0 fully saturated rings. The molecule has 0 aliphatic heterocycles. The van der Waals surface area contributed by atoms with Gasteiger partial charge in [0, 0.05) is 6.42 Å². The van der Waals surface area contributed by atoms with E-state index in [0.717, 1.165) is 12.8 Å². The monoisotopic (exact) mass is 209 g/mol. The molecule has 0 aromatic heterocycles. The molecule has 0 aromatic rings. The van der Waals surface area contributed by atoms with Gasteiger partial charge in [0.15, 0.2) is 6.11 Å². The van der Waals surface area contributed by atoms with Crippen molar-refractivity contribution in [3.8, 4) is 12.0 Å². The lowest BCUT2D eigenvalue weighted by Crippen LogP contribution is -1.81. The molecule has 15 heavy (non-hydrogen) atoms. The molecule has 0 unspecified atom stereocenters. The number of hydrogen-bond acceptors (Lipinski definition) is 0. The van der Waals surface area contributed by atoms with Gasteiger partial charge in [-0.25, -0.2) is 5.11 Å². The van der Waals surface area contributed by atoms with E-state index in [-0.39, 0.29) is 0 Å². The van der Waals surface area contributed by atoms with E-state index in [4.69, 9.17) is 0 Å². The van der Waals surface area contributed by atoms with Gasteiger partial charge in [-0.15, -0.1) is 0 Å². The first kappa shape index (κ1) is 14.4. The Kier molecular flexibility index (Phi) is 12.8. The summed E-state index contributed by atoms with van der Waals surface area (Å²) in [7, 11) is 0. The zero-order valence-electron chi connectivity index (χ0n) is 10.2. The Morgan fingerprint density at radius 3 is 1.67 bits per heavy atom. The minimum absolute atomic E-state index is 0.792. The van der Waals surface area contributed by atoms with Gasteiger partial charge < -0.3 is 0 Å². The number of hydrogen-bond donors (Lipinski definition) is 0. The molecule has 1 radical (unpaired) electrons. The van der Waals surface area contributed by atoms with Gasteiger partial charge in [0.25, 0.3) is 0 Å². The van der Waals surface area contributed by atoms with E-state index >= 15 is 0 Å². The smallest absolute Gasteiger partial charge is 0.172 e. The maximum absolute atomic E-state index is 9.83. The fraction of sp³-hybridized carbons (Fsp3) is 0.857. The molecule has 0 saturated heterocycles. The van der Waals surface area contributed by atoms with Crippen LogP contribution in [-0.2, 0) is 5.11 Å². The van der Waals surface area contributed by atoms with Gasteiger partial charge in [0.1, 0.15) is 0 Å². The Bertz CT molecular complexity index is 164. The van der Waals surface area contributed by atoms with Crippen molar-refractivity contribution >= 4 is 0 Å². The van der Waals surface area contributed by atoms with Gasteiger partial charge >= 0.3 is 0 Å². The van der Waals surface area contributed by atoms with E-state index in [1.807, 2.05) is 0 Å². The van der Waals surface area contributed by atoms with Gasteiger partial charge in [-0.05, 0) is 6.42 Å². The quantitative estimate of drug-likeness (QED) is 0.367. The molecule has 0 bridgehead atoms. The lowest BCUT2D eigenvalue weighted by atomic mass is 10.1. The van der Waals surface area contributed by atoms with Gasteiger partial charge in [-0.2, -0.15) is 0 Å². The number of unbranched alkanes of at least 4 members (excludes halogenated alkanes) is 10. The van der Waals surface area contributed by atoms with Crippen LogP contribution < -0.4 is 0 Å². The summed E-state index contributed by atoms with van der Waals surface area (Å²) in [4.78, 5) is 0. The first-order valence-electron chi connectivity index (χ1n) is 6.51. The van der Waals surface area contributed by atoms with Crippen molar-refractivity contribution in [1.29, 1.82) is 0 Å². The lowest BCUT2D eigenvalue weighted by Gasteiger charge is -2.00. The highest BCUT2D eigenvalue weighted by Gasteiger charge is 1.91. The van der Waals surface area contributed by atoms with Crippen LogP contribution in [-0.4, -0.2) is 0 Å². The Morgan fingerprint density at radius 1 is 0.733 bits per heavy atom. The van der Waals surface area contributed by atoms with Crippen LogP contribution in [0.15, 0.2) is 0 Å². The van der Waals surface area contributed by atoms with E-state index in [9.17, 15) is 5.11 Å². The number of rotatable bonds is 10. The molecule has 0 rings (SSSR count). The molecule has 0 amide bonds.